The largest absolute Gasteiger partial charge is 0.341 e. The Morgan fingerprint density at radius 1 is 0.917 bits per heavy atom. The van der Waals surface area contributed by atoms with Gasteiger partial charge in [0, 0.05) is 51.9 Å². The molecule has 0 spiro atoms. The van der Waals surface area contributed by atoms with Crippen LogP contribution in [0.3, 0.4) is 0 Å². The monoisotopic (exact) mass is 331 g/mol. The van der Waals surface area contributed by atoms with Gasteiger partial charge in [0.25, 0.3) is 5.91 Å². The molecule has 3 heterocycles. The van der Waals surface area contributed by atoms with Gasteiger partial charge in [-0.15, -0.1) is 0 Å². The minimum Gasteiger partial charge on any atom is -0.341 e. The van der Waals surface area contributed by atoms with Crippen LogP contribution in [-0.2, 0) is 4.79 Å². The Bertz CT molecular complexity index is 619. The molecule has 0 N–H and O–H groups in total. The van der Waals surface area contributed by atoms with E-state index in [4.69, 9.17) is 0 Å². The van der Waals surface area contributed by atoms with Crippen LogP contribution in [0.5, 0.6) is 0 Å². The van der Waals surface area contributed by atoms with Gasteiger partial charge in [-0.1, -0.05) is 0 Å². The topological polar surface area (TPSA) is 69.6 Å². The van der Waals surface area contributed by atoms with Crippen LogP contribution >= 0.6 is 0 Å². The smallest absolute Gasteiger partial charge is 0.272 e. The zero-order chi connectivity index (χ0) is 17.1. The molecule has 0 unspecified atom stereocenters. The molecule has 2 aliphatic rings. The van der Waals surface area contributed by atoms with E-state index in [1.807, 2.05) is 6.92 Å². The first kappa shape index (κ1) is 16.7. The van der Waals surface area contributed by atoms with Crippen LogP contribution in [0.4, 0.5) is 5.95 Å². The quantitative estimate of drug-likeness (QED) is 0.811. The van der Waals surface area contributed by atoms with Crippen molar-refractivity contribution >= 4 is 17.8 Å². The highest BCUT2D eigenvalue weighted by molar-refractivity contribution is 5.93. The van der Waals surface area contributed by atoms with Gasteiger partial charge in [0.05, 0.1) is 0 Å². The van der Waals surface area contributed by atoms with E-state index in [9.17, 15) is 9.59 Å². The number of hydrogen-bond acceptors (Lipinski definition) is 5. The van der Waals surface area contributed by atoms with Crippen LogP contribution in [0.1, 0.15) is 42.4 Å². The molecule has 2 saturated heterocycles. The molecule has 2 aliphatic heterocycles. The lowest BCUT2D eigenvalue weighted by molar-refractivity contribution is -0.130. The fourth-order valence-electron chi connectivity index (χ4n) is 3.28. The maximum Gasteiger partial charge on any atom is 0.272 e. The second-order valence-electron chi connectivity index (χ2n) is 6.54. The lowest BCUT2D eigenvalue weighted by Gasteiger charge is -2.34. The first-order valence-electron chi connectivity index (χ1n) is 8.70. The molecule has 0 aromatic carbocycles. The molecule has 24 heavy (non-hydrogen) atoms. The maximum atomic E-state index is 12.8. The summed E-state index contributed by atoms with van der Waals surface area (Å²) in [4.78, 5) is 38.9. The first-order valence-corrected chi connectivity index (χ1v) is 8.70. The van der Waals surface area contributed by atoms with Crippen molar-refractivity contribution in [2.24, 2.45) is 0 Å². The van der Waals surface area contributed by atoms with E-state index in [0.29, 0.717) is 37.8 Å². The van der Waals surface area contributed by atoms with Gasteiger partial charge in [-0.25, -0.2) is 9.97 Å². The molecule has 1 aromatic rings. The average Bonchev–Trinajstić information content (AvgIpc) is 2.61. The molecule has 0 aliphatic carbocycles. The number of piperidine rings is 1. The fraction of sp³-hybridized carbons (Fsp3) is 0.647. The number of amides is 2. The van der Waals surface area contributed by atoms with Crippen LogP contribution in [0.25, 0.3) is 0 Å². The molecule has 7 nitrogen and oxygen atoms in total. The molecule has 7 heteroatoms. The van der Waals surface area contributed by atoms with Crippen molar-refractivity contribution in [2.45, 2.75) is 33.1 Å². The van der Waals surface area contributed by atoms with Gasteiger partial charge in [-0.3, -0.25) is 9.59 Å². The number of piperazine rings is 1. The summed E-state index contributed by atoms with van der Waals surface area (Å²) in [6.07, 6.45) is 3.54. The molecule has 3 rings (SSSR count). The highest BCUT2D eigenvalue weighted by Gasteiger charge is 2.25. The minimum absolute atomic E-state index is 0.0624. The SMILES string of the molecule is CC(=O)N1CCN(C(=O)c2cc(C)nc(N3CCCCC3)n2)CC1. The summed E-state index contributed by atoms with van der Waals surface area (Å²) in [5.74, 6) is 0.662. The second kappa shape index (κ2) is 7.15. The number of anilines is 1. The zero-order valence-corrected chi connectivity index (χ0v) is 14.5. The van der Waals surface area contributed by atoms with Crippen LogP contribution in [-0.4, -0.2) is 70.9 Å². The molecular weight excluding hydrogens is 306 g/mol. The Balaban J connectivity index is 1.73. The van der Waals surface area contributed by atoms with Gasteiger partial charge in [0.15, 0.2) is 0 Å². The van der Waals surface area contributed by atoms with E-state index in [0.717, 1.165) is 31.6 Å². The fourth-order valence-corrected chi connectivity index (χ4v) is 3.28. The van der Waals surface area contributed by atoms with Crippen molar-refractivity contribution < 1.29 is 9.59 Å². The third-order valence-electron chi connectivity index (χ3n) is 4.71. The molecule has 0 bridgehead atoms. The van der Waals surface area contributed by atoms with Crippen molar-refractivity contribution in [1.82, 2.24) is 19.8 Å². The van der Waals surface area contributed by atoms with Crippen LogP contribution in [0.15, 0.2) is 6.07 Å². The number of nitrogens with zero attached hydrogens (tertiary/aromatic N) is 5. The summed E-state index contributed by atoms with van der Waals surface area (Å²) in [6, 6.07) is 1.76. The number of carbonyl (C=O) groups is 2. The van der Waals surface area contributed by atoms with Crippen LogP contribution in [0, 0.1) is 6.92 Å². The molecular formula is C17H25N5O2. The van der Waals surface area contributed by atoms with Crippen LogP contribution in [0.2, 0.25) is 0 Å². The predicted octanol–water partition coefficient (Wildman–Crippen LogP) is 1.08. The number of rotatable bonds is 2. The summed E-state index contributed by atoms with van der Waals surface area (Å²) in [7, 11) is 0. The summed E-state index contributed by atoms with van der Waals surface area (Å²) in [6.45, 7) is 7.66. The number of aryl methyl sites for hydroxylation is 1. The van der Waals surface area contributed by atoms with Crippen molar-refractivity contribution in [3.8, 4) is 0 Å². The van der Waals surface area contributed by atoms with E-state index in [1.165, 1.54) is 6.42 Å². The maximum absolute atomic E-state index is 12.8. The lowest BCUT2D eigenvalue weighted by atomic mass is 10.1. The minimum atomic E-state index is -0.0676. The summed E-state index contributed by atoms with van der Waals surface area (Å²) in [5, 5.41) is 0. The zero-order valence-electron chi connectivity index (χ0n) is 14.5. The molecule has 0 atom stereocenters. The molecule has 0 saturated carbocycles. The Morgan fingerprint density at radius 3 is 2.17 bits per heavy atom. The van der Waals surface area contributed by atoms with Gasteiger partial charge in [0.2, 0.25) is 11.9 Å². The standard InChI is InChI=1S/C17H25N5O2/c1-13-12-15(19-17(18-13)22-6-4-3-5-7-22)16(24)21-10-8-20(9-11-21)14(2)23/h12H,3-11H2,1-2H3. The van der Waals surface area contributed by atoms with E-state index < -0.39 is 0 Å². The lowest BCUT2D eigenvalue weighted by Crippen LogP contribution is -2.50. The Kier molecular flexibility index (Phi) is 4.97. The first-order chi connectivity index (χ1) is 11.5. The number of aromatic nitrogens is 2. The molecule has 2 amide bonds. The summed E-state index contributed by atoms with van der Waals surface area (Å²) in [5.41, 5.74) is 1.27. The third kappa shape index (κ3) is 3.66. The highest BCUT2D eigenvalue weighted by atomic mass is 16.2. The van der Waals surface area contributed by atoms with Crippen LogP contribution < -0.4 is 4.90 Å². The number of hydrogen-bond donors (Lipinski definition) is 0. The van der Waals surface area contributed by atoms with E-state index >= 15 is 0 Å². The highest BCUT2D eigenvalue weighted by Crippen LogP contribution is 2.18. The molecule has 2 fully saturated rings. The van der Waals surface area contributed by atoms with Gasteiger partial charge in [-0.05, 0) is 32.3 Å². The predicted molar refractivity (Wildman–Crippen MR) is 91.0 cm³/mol. The third-order valence-corrected chi connectivity index (χ3v) is 4.71. The van der Waals surface area contributed by atoms with E-state index in [1.54, 1.807) is 22.8 Å². The van der Waals surface area contributed by atoms with Gasteiger partial charge in [-0.2, -0.15) is 0 Å². The van der Waals surface area contributed by atoms with E-state index in [-0.39, 0.29) is 11.8 Å². The Hall–Kier alpha value is -2.18. The van der Waals surface area contributed by atoms with Crippen molar-refractivity contribution in [3.05, 3.63) is 17.5 Å². The van der Waals surface area contributed by atoms with E-state index in [2.05, 4.69) is 14.9 Å². The van der Waals surface area contributed by atoms with Gasteiger partial charge in [0.1, 0.15) is 5.69 Å². The summed E-state index contributed by atoms with van der Waals surface area (Å²) >= 11 is 0. The summed E-state index contributed by atoms with van der Waals surface area (Å²) < 4.78 is 0. The molecule has 0 radical (unpaired) electrons. The molecule has 1 aromatic heterocycles. The normalized spacial score (nSPS) is 18.7. The Labute approximate surface area is 142 Å². The van der Waals surface area contributed by atoms with Crippen molar-refractivity contribution in [2.75, 3.05) is 44.2 Å². The van der Waals surface area contributed by atoms with Gasteiger partial charge < -0.3 is 14.7 Å². The average molecular weight is 331 g/mol. The molecule has 130 valence electrons. The van der Waals surface area contributed by atoms with Crippen molar-refractivity contribution in [1.29, 1.82) is 0 Å². The number of carbonyl (C=O) groups excluding carboxylic acids is 2. The van der Waals surface area contributed by atoms with Gasteiger partial charge >= 0.3 is 0 Å². The van der Waals surface area contributed by atoms with Crippen molar-refractivity contribution in [3.63, 3.8) is 0 Å². The Morgan fingerprint density at radius 2 is 1.54 bits per heavy atom. The second-order valence-corrected chi connectivity index (χ2v) is 6.54.